The van der Waals surface area contributed by atoms with Gasteiger partial charge in [-0.3, -0.25) is 4.90 Å². The van der Waals surface area contributed by atoms with Gasteiger partial charge in [0.15, 0.2) is 0 Å². The molecule has 0 radical (unpaired) electrons. The molecule has 6 nitrogen and oxygen atoms in total. The summed E-state index contributed by atoms with van der Waals surface area (Å²) in [4.78, 5) is 30.0. The lowest BCUT2D eigenvalue weighted by Gasteiger charge is -2.48. The normalized spacial score (nSPS) is 33.9. The number of carboxylic acid groups (broad SMARTS) is 1. The van der Waals surface area contributed by atoms with Gasteiger partial charge in [-0.15, -0.1) is 0 Å². The molecule has 3 rings (SSSR count). The summed E-state index contributed by atoms with van der Waals surface area (Å²) < 4.78 is 0. The monoisotopic (exact) mass is 295 g/mol. The summed E-state index contributed by atoms with van der Waals surface area (Å²) in [7, 11) is 0. The van der Waals surface area contributed by atoms with Gasteiger partial charge in [-0.1, -0.05) is 6.42 Å². The smallest absolute Gasteiger partial charge is 0.326 e. The second-order valence-corrected chi connectivity index (χ2v) is 6.62. The van der Waals surface area contributed by atoms with Gasteiger partial charge < -0.3 is 14.9 Å². The molecule has 3 fully saturated rings. The van der Waals surface area contributed by atoms with Crippen molar-refractivity contribution in [3.05, 3.63) is 0 Å². The summed E-state index contributed by atoms with van der Waals surface area (Å²) in [6, 6.07) is -0.0709. The lowest BCUT2D eigenvalue weighted by molar-refractivity contribution is -0.141. The number of aliphatic carboxylic acids is 1. The van der Waals surface area contributed by atoms with Crippen LogP contribution in [0.5, 0.6) is 0 Å². The predicted octanol–water partition coefficient (Wildman–Crippen LogP) is 1.21. The van der Waals surface area contributed by atoms with E-state index in [-0.39, 0.29) is 12.1 Å². The van der Waals surface area contributed by atoms with Crippen LogP contribution in [-0.2, 0) is 4.79 Å². The average Bonchev–Trinajstić information content (AvgIpc) is 2.95. The molecule has 3 saturated heterocycles. The number of carboxylic acids is 1. The van der Waals surface area contributed by atoms with E-state index in [1.165, 1.54) is 12.8 Å². The van der Waals surface area contributed by atoms with Crippen LogP contribution in [-0.4, -0.2) is 76.1 Å². The van der Waals surface area contributed by atoms with Crippen molar-refractivity contribution in [2.45, 2.75) is 57.2 Å². The lowest BCUT2D eigenvalue weighted by atomic mass is 9.97. The van der Waals surface area contributed by atoms with Crippen molar-refractivity contribution in [3.8, 4) is 0 Å². The number of urea groups is 1. The van der Waals surface area contributed by atoms with Crippen molar-refractivity contribution in [1.82, 2.24) is 14.7 Å². The Balaban J connectivity index is 1.70. The fourth-order valence-corrected chi connectivity index (χ4v) is 4.04. The van der Waals surface area contributed by atoms with Gasteiger partial charge in [-0.2, -0.15) is 0 Å². The molecule has 0 aliphatic carbocycles. The standard InChI is InChI=1S/C15H25N3O3/c1-11-9-16-7-3-2-5-12(16)10-18(11)15(21)17-8-4-6-13(17)14(19)20/h11-13H,2-10H2,1H3,(H,19,20)/t11?,12?,13-/m0/s1. The summed E-state index contributed by atoms with van der Waals surface area (Å²) in [6.45, 7) is 5.46. The summed E-state index contributed by atoms with van der Waals surface area (Å²) in [5.74, 6) is -0.871. The zero-order chi connectivity index (χ0) is 15.0. The van der Waals surface area contributed by atoms with Crippen LogP contribution in [0.1, 0.15) is 39.0 Å². The first-order chi connectivity index (χ1) is 10.1. The maximum Gasteiger partial charge on any atom is 0.326 e. The molecule has 2 unspecified atom stereocenters. The fraction of sp³-hybridized carbons (Fsp3) is 0.867. The highest BCUT2D eigenvalue weighted by molar-refractivity contribution is 5.83. The fourth-order valence-electron chi connectivity index (χ4n) is 4.04. The summed E-state index contributed by atoms with van der Waals surface area (Å²) in [6.07, 6.45) is 5.02. The van der Waals surface area contributed by atoms with E-state index < -0.39 is 12.0 Å². The van der Waals surface area contributed by atoms with Crippen LogP contribution in [0.3, 0.4) is 0 Å². The average molecular weight is 295 g/mol. The molecular formula is C15H25N3O3. The minimum atomic E-state index is -0.871. The molecule has 0 spiro atoms. The van der Waals surface area contributed by atoms with Gasteiger partial charge >= 0.3 is 12.0 Å². The van der Waals surface area contributed by atoms with Gasteiger partial charge in [0.05, 0.1) is 0 Å². The topological polar surface area (TPSA) is 64.1 Å². The third-order valence-corrected chi connectivity index (χ3v) is 5.22. The highest BCUT2D eigenvalue weighted by Gasteiger charge is 2.41. The number of hydrogen-bond donors (Lipinski definition) is 1. The van der Waals surface area contributed by atoms with Gasteiger partial charge in [0.25, 0.3) is 0 Å². The van der Waals surface area contributed by atoms with E-state index in [0.717, 1.165) is 32.5 Å². The van der Waals surface area contributed by atoms with Crippen LogP contribution in [0, 0.1) is 0 Å². The van der Waals surface area contributed by atoms with Crippen molar-refractivity contribution >= 4 is 12.0 Å². The molecule has 118 valence electrons. The van der Waals surface area contributed by atoms with Crippen molar-refractivity contribution in [2.75, 3.05) is 26.2 Å². The van der Waals surface area contributed by atoms with Gasteiger partial charge in [0.1, 0.15) is 6.04 Å². The van der Waals surface area contributed by atoms with E-state index in [1.54, 1.807) is 4.90 Å². The van der Waals surface area contributed by atoms with Crippen LogP contribution >= 0.6 is 0 Å². The quantitative estimate of drug-likeness (QED) is 0.790. The maximum absolute atomic E-state index is 12.8. The first-order valence-electron chi connectivity index (χ1n) is 8.12. The SMILES string of the molecule is CC1CN2CCCCC2CN1C(=O)N1CCC[C@H]1C(=O)O. The van der Waals surface area contributed by atoms with Gasteiger partial charge in [0.2, 0.25) is 0 Å². The molecule has 3 atom stereocenters. The number of piperazine rings is 1. The zero-order valence-electron chi connectivity index (χ0n) is 12.7. The van der Waals surface area contributed by atoms with Crippen LogP contribution in [0.4, 0.5) is 4.79 Å². The summed E-state index contributed by atoms with van der Waals surface area (Å²) >= 11 is 0. The van der Waals surface area contributed by atoms with Crippen LogP contribution < -0.4 is 0 Å². The first-order valence-corrected chi connectivity index (χ1v) is 8.12. The highest BCUT2D eigenvalue weighted by Crippen LogP contribution is 2.27. The van der Waals surface area contributed by atoms with E-state index in [2.05, 4.69) is 11.8 Å². The Labute approximate surface area is 125 Å². The Morgan fingerprint density at radius 1 is 1.00 bits per heavy atom. The van der Waals surface area contributed by atoms with E-state index >= 15 is 0 Å². The van der Waals surface area contributed by atoms with Crippen molar-refractivity contribution in [2.24, 2.45) is 0 Å². The number of rotatable bonds is 1. The van der Waals surface area contributed by atoms with Crippen LogP contribution in [0.25, 0.3) is 0 Å². The van der Waals surface area contributed by atoms with Crippen LogP contribution in [0.2, 0.25) is 0 Å². The minimum absolute atomic E-state index is 0.0716. The molecule has 6 heteroatoms. The van der Waals surface area contributed by atoms with Gasteiger partial charge in [0, 0.05) is 31.7 Å². The molecule has 0 aromatic carbocycles. The number of carbonyl (C=O) groups is 2. The number of likely N-dealkylation sites (tertiary alicyclic amines) is 1. The molecule has 3 aliphatic rings. The van der Waals surface area contributed by atoms with Gasteiger partial charge in [-0.25, -0.2) is 9.59 Å². The maximum atomic E-state index is 12.8. The van der Waals surface area contributed by atoms with Crippen LogP contribution in [0.15, 0.2) is 0 Å². The number of hydrogen-bond acceptors (Lipinski definition) is 3. The number of piperidine rings is 1. The minimum Gasteiger partial charge on any atom is -0.480 e. The lowest BCUT2D eigenvalue weighted by Crippen LogP contribution is -2.62. The van der Waals surface area contributed by atoms with E-state index in [0.29, 0.717) is 19.0 Å². The molecule has 21 heavy (non-hydrogen) atoms. The molecule has 0 saturated carbocycles. The molecule has 0 aromatic rings. The van der Waals surface area contributed by atoms with E-state index in [9.17, 15) is 14.7 Å². The van der Waals surface area contributed by atoms with E-state index in [4.69, 9.17) is 0 Å². The number of nitrogens with zero attached hydrogens (tertiary/aromatic N) is 3. The van der Waals surface area contributed by atoms with Crippen molar-refractivity contribution < 1.29 is 14.7 Å². The molecule has 3 aliphatic heterocycles. The molecule has 3 heterocycles. The molecule has 1 N–H and O–H groups in total. The largest absolute Gasteiger partial charge is 0.480 e. The van der Waals surface area contributed by atoms with E-state index in [1.807, 2.05) is 4.90 Å². The Morgan fingerprint density at radius 3 is 2.57 bits per heavy atom. The predicted molar refractivity (Wildman–Crippen MR) is 78.1 cm³/mol. The van der Waals surface area contributed by atoms with Crippen molar-refractivity contribution in [1.29, 1.82) is 0 Å². The molecular weight excluding hydrogens is 270 g/mol. The molecule has 0 bridgehead atoms. The second kappa shape index (κ2) is 5.83. The number of amides is 2. The Hall–Kier alpha value is -1.30. The first kappa shape index (κ1) is 14.6. The molecule has 0 aromatic heterocycles. The second-order valence-electron chi connectivity index (χ2n) is 6.62. The van der Waals surface area contributed by atoms with Crippen molar-refractivity contribution in [3.63, 3.8) is 0 Å². The Kier molecular flexibility index (Phi) is 4.06. The Bertz CT molecular complexity index is 428. The van der Waals surface area contributed by atoms with Gasteiger partial charge in [-0.05, 0) is 39.2 Å². The number of carbonyl (C=O) groups excluding carboxylic acids is 1. The Morgan fingerprint density at radius 2 is 1.81 bits per heavy atom. The summed E-state index contributed by atoms with van der Waals surface area (Å²) in [5, 5.41) is 9.26. The third kappa shape index (κ3) is 2.73. The zero-order valence-corrected chi connectivity index (χ0v) is 12.7. The number of fused-ring (bicyclic) bond motifs is 1. The molecule has 2 amide bonds. The summed E-state index contributed by atoms with van der Waals surface area (Å²) in [5.41, 5.74) is 0. The highest BCUT2D eigenvalue weighted by atomic mass is 16.4. The third-order valence-electron chi connectivity index (χ3n) is 5.22.